The van der Waals surface area contributed by atoms with E-state index in [1.807, 2.05) is 4.72 Å². The molecule has 0 saturated carbocycles. The van der Waals surface area contributed by atoms with Crippen LogP contribution in [-0.2, 0) is 44.4 Å². The number of amides is 1. The Morgan fingerprint density at radius 3 is 2.30 bits per heavy atom. The molecule has 0 unspecified atom stereocenters. The number of sulfonamides is 1. The fourth-order valence-electron chi connectivity index (χ4n) is 5.61. The molecule has 0 fully saturated rings. The van der Waals surface area contributed by atoms with Crippen molar-refractivity contribution in [3.63, 3.8) is 0 Å². The first-order valence-corrected chi connectivity index (χ1v) is 18.2. The highest BCUT2D eigenvalue weighted by Gasteiger charge is 2.27. The van der Waals surface area contributed by atoms with Crippen molar-refractivity contribution >= 4 is 38.5 Å². The number of esters is 1. The highest BCUT2D eigenvalue weighted by Crippen LogP contribution is 2.25. The average molecular weight is 787 g/mol. The van der Waals surface area contributed by atoms with Gasteiger partial charge in [0.15, 0.2) is 5.82 Å². The molecule has 1 atom stereocenters. The molecular formula is C37H32F2N8O8S. The normalized spacial score (nSPS) is 11.9. The number of aromatic nitrogens is 6. The molecule has 0 spiro atoms. The van der Waals surface area contributed by atoms with E-state index in [-0.39, 0.29) is 35.7 Å². The molecule has 4 aromatic heterocycles. The third kappa shape index (κ3) is 8.17. The van der Waals surface area contributed by atoms with E-state index in [1.165, 1.54) is 86.7 Å². The number of benzene rings is 2. The number of carbonyl (C=O) groups excluding carboxylic acids is 2. The Kier molecular flexibility index (Phi) is 11.4. The minimum absolute atomic E-state index is 0.0144. The monoisotopic (exact) mass is 786 g/mol. The summed E-state index contributed by atoms with van der Waals surface area (Å²) in [4.78, 5) is 68.5. The molecule has 19 heteroatoms. The summed E-state index contributed by atoms with van der Waals surface area (Å²) in [7, 11) is -1.43. The lowest BCUT2D eigenvalue weighted by Gasteiger charge is -2.18. The number of hydrogen-bond donors (Lipinski definition) is 2. The van der Waals surface area contributed by atoms with Crippen molar-refractivity contribution in [2.24, 2.45) is 7.05 Å². The molecule has 0 aliphatic carbocycles. The lowest BCUT2D eigenvalue weighted by Crippen LogP contribution is -2.43. The van der Waals surface area contributed by atoms with Gasteiger partial charge >= 0.3 is 11.7 Å². The van der Waals surface area contributed by atoms with Gasteiger partial charge in [0.1, 0.15) is 30.1 Å². The lowest BCUT2D eigenvalue weighted by molar-refractivity contribution is -0.145. The van der Waals surface area contributed by atoms with Crippen LogP contribution in [-0.4, -0.2) is 69.1 Å². The van der Waals surface area contributed by atoms with Crippen molar-refractivity contribution in [3.8, 4) is 16.9 Å². The van der Waals surface area contributed by atoms with Crippen molar-refractivity contribution in [3.05, 3.63) is 135 Å². The first-order valence-electron chi connectivity index (χ1n) is 16.7. The largest absolute Gasteiger partial charge is 0.464 e. The van der Waals surface area contributed by atoms with Crippen LogP contribution in [0.4, 0.5) is 14.5 Å². The zero-order valence-corrected chi connectivity index (χ0v) is 30.7. The summed E-state index contributed by atoms with van der Waals surface area (Å²) in [6.45, 7) is 1.69. The number of hydrogen-bond acceptors (Lipinski definition) is 12. The molecule has 2 aromatic carbocycles. The number of nitrogens with zero attached hydrogens (tertiary/aromatic N) is 6. The molecule has 1 amide bonds. The van der Waals surface area contributed by atoms with Crippen LogP contribution in [0.2, 0.25) is 0 Å². The number of methoxy groups -OCH3 is 1. The van der Waals surface area contributed by atoms with Crippen molar-refractivity contribution < 1.29 is 36.3 Å². The van der Waals surface area contributed by atoms with Gasteiger partial charge in [-0.3, -0.25) is 23.9 Å². The van der Waals surface area contributed by atoms with Crippen LogP contribution in [0.1, 0.15) is 28.7 Å². The molecule has 0 aliphatic heterocycles. The molecule has 0 bridgehead atoms. The van der Waals surface area contributed by atoms with Gasteiger partial charge in [0, 0.05) is 57.0 Å². The van der Waals surface area contributed by atoms with Gasteiger partial charge in [0.25, 0.3) is 21.5 Å². The first-order chi connectivity index (χ1) is 26.8. The molecule has 4 heterocycles. The van der Waals surface area contributed by atoms with Gasteiger partial charge in [-0.25, -0.2) is 46.3 Å². The van der Waals surface area contributed by atoms with Crippen molar-refractivity contribution in [2.75, 3.05) is 18.4 Å². The van der Waals surface area contributed by atoms with E-state index >= 15 is 8.78 Å². The van der Waals surface area contributed by atoms with Gasteiger partial charge in [0.2, 0.25) is 0 Å². The second kappa shape index (κ2) is 16.3. The molecule has 56 heavy (non-hydrogen) atoms. The average Bonchev–Trinajstić information content (AvgIpc) is 3.19. The van der Waals surface area contributed by atoms with Crippen LogP contribution in [0, 0.1) is 11.6 Å². The van der Waals surface area contributed by atoms with Crippen molar-refractivity contribution in [1.29, 1.82) is 0 Å². The number of ether oxygens (including phenoxy) is 2. The standard InChI is InChI=1S/C37H32F2N8O8S/c1-4-55-36(50)30(13-21-5-10-33(43-16-21)47-35(49)25-11-12-40-19-31(25)46(2)37(47)51)44-34(48)26-14-28(39)29(15-27(26)38)45-56(52,53)24-8-6-22(7-9-24)23-17-41-32(20-54-3)42-18-23/h5-12,14-19,30,45H,4,13,20H2,1-3H3,(H,44,48)/t30-/m0/s1. The SMILES string of the molecule is CCOC(=O)[C@H](Cc1ccc(-n2c(=O)c3ccncc3n(C)c2=O)nc1)NC(=O)c1cc(F)c(NS(=O)(=O)c2ccc(-c3cnc(COC)nc3)cc2)cc1F. The Morgan fingerprint density at radius 1 is 0.911 bits per heavy atom. The minimum Gasteiger partial charge on any atom is -0.464 e. The van der Waals surface area contributed by atoms with E-state index in [0.717, 1.165) is 4.57 Å². The van der Waals surface area contributed by atoms with E-state index in [0.29, 0.717) is 40.2 Å². The number of halogens is 2. The molecule has 2 N–H and O–H groups in total. The highest BCUT2D eigenvalue weighted by atomic mass is 32.2. The van der Waals surface area contributed by atoms with E-state index in [9.17, 15) is 27.6 Å². The number of pyridine rings is 2. The number of nitrogens with one attached hydrogen (secondary N) is 2. The van der Waals surface area contributed by atoms with Gasteiger partial charge in [0.05, 0.1) is 39.9 Å². The molecule has 0 aliphatic rings. The summed E-state index contributed by atoms with van der Waals surface area (Å²) in [5, 5.41) is 2.56. The van der Waals surface area contributed by atoms with Crippen LogP contribution >= 0.6 is 0 Å². The maximum absolute atomic E-state index is 15.3. The molecular weight excluding hydrogens is 755 g/mol. The van der Waals surface area contributed by atoms with E-state index in [4.69, 9.17) is 9.47 Å². The van der Waals surface area contributed by atoms with Gasteiger partial charge in [-0.05, 0) is 48.4 Å². The molecule has 0 saturated heterocycles. The number of fused-ring (bicyclic) bond motifs is 1. The molecule has 288 valence electrons. The summed E-state index contributed by atoms with van der Waals surface area (Å²) in [5.41, 5.74) is -1.01. The number of rotatable bonds is 13. The predicted octanol–water partition coefficient (Wildman–Crippen LogP) is 3.07. The Balaban J connectivity index is 1.17. The summed E-state index contributed by atoms with van der Waals surface area (Å²) in [6, 6.07) is 9.39. The molecule has 16 nitrogen and oxygen atoms in total. The molecule has 0 radical (unpaired) electrons. The topological polar surface area (TPSA) is 206 Å². The second-order valence-electron chi connectivity index (χ2n) is 12.1. The smallest absolute Gasteiger partial charge is 0.337 e. The fourth-order valence-corrected chi connectivity index (χ4v) is 6.67. The zero-order valence-electron chi connectivity index (χ0n) is 29.9. The Hall–Kier alpha value is -6.73. The number of aryl methyl sites for hydroxylation is 1. The van der Waals surface area contributed by atoms with Gasteiger partial charge in [-0.15, -0.1) is 0 Å². The Morgan fingerprint density at radius 2 is 1.64 bits per heavy atom. The zero-order chi connectivity index (χ0) is 40.1. The lowest BCUT2D eigenvalue weighted by atomic mass is 10.1. The Bertz CT molecular complexity index is 2670. The van der Waals surface area contributed by atoms with Crippen LogP contribution in [0.15, 0.2) is 100 Å². The van der Waals surface area contributed by atoms with E-state index in [1.54, 1.807) is 12.4 Å². The molecule has 6 rings (SSSR count). The maximum atomic E-state index is 15.3. The van der Waals surface area contributed by atoms with Crippen LogP contribution in [0.25, 0.3) is 27.8 Å². The number of anilines is 1. The first kappa shape index (κ1) is 39.0. The highest BCUT2D eigenvalue weighted by molar-refractivity contribution is 7.92. The van der Waals surface area contributed by atoms with Gasteiger partial charge in [-0.2, -0.15) is 0 Å². The van der Waals surface area contributed by atoms with Crippen molar-refractivity contribution in [2.45, 2.75) is 30.9 Å². The minimum atomic E-state index is -4.42. The third-order valence-electron chi connectivity index (χ3n) is 8.45. The van der Waals surface area contributed by atoms with Crippen LogP contribution < -0.4 is 21.3 Å². The summed E-state index contributed by atoms with van der Waals surface area (Å²) in [5.74, 6) is -4.22. The van der Waals surface area contributed by atoms with E-state index < -0.39 is 62.1 Å². The Labute approximate surface area is 316 Å². The third-order valence-corrected chi connectivity index (χ3v) is 9.83. The van der Waals surface area contributed by atoms with Gasteiger partial charge in [-0.1, -0.05) is 18.2 Å². The van der Waals surface area contributed by atoms with Crippen molar-refractivity contribution in [1.82, 2.24) is 34.4 Å². The van der Waals surface area contributed by atoms with Crippen LogP contribution in [0.3, 0.4) is 0 Å². The summed E-state index contributed by atoms with van der Waals surface area (Å²) < 4.78 is 71.0. The summed E-state index contributed by atoms with van der Waals surface area (Å²) >= 11 is 0. The van der Waals surface area contributed by atoms with Crippen LogP contribution in [0.5, 0.6) is 0 Å². The number of carbonyl (C=O) groups is 2. The maximum Gasteiger partial charge on any atom is 0.337 e. The van der Waals surface area contributed by atoms with Gasteiger partial charge < -0.3 is 14.8 Å². The summed E-state index contributed by atoms with van der Waals surface area (Å²) in [6.07, 6.45) is 6.94. The predicted molar refractivity (Wildman–Crippen MR) is 197 cm³/mol. The fraction of sp³-hybridized carbons (Fsp3) is 0.189. The quantitative estimate of drug-likeness (QED) is 0.162. The van der Waals surface area contributed by atoms with E-state index in [2.05, 4.69) is 25.3 Å². The molecule has 6 aromatic rings. The second-order valence-corrected chi connectivity index (χ2v) is 13.8.